The lowest BCUT2D eigenvalue weighted by Gasteiger charge is -2.08. The molecule has 0 radical (unpaired) electrons. The first kappa shape index (κ1) is 16.0. The largest absolute Gasteiger partial charge is 0.451 e. The lowest BCUT2D eigenvalue weighted by Crippen LogP contribution is -2.30. The Labute approximate surface area is 129 Å². The first-order valence-corrected chi connectivity index (χ1v) is 8.43. The second kappa shape index (κ2) is 7.59. The van der Waals surface area contributed by atoms with Crippen LogP contribution in [0.3, 0.4) is 0 Å². The number of hydrogen-bond acceptors (Lipinski definition) is 4. The fraction of sp³-hybridized carbons (Fsp3) is 0.625. The number of aryl methyl sites for hydroxylation is 2. The highest BCUT2D eigenvalue weighted by molar-refractivity contribution is 7.14. The van der Waals surface area contributed by atoms with Crippen LogP contribution in [0.4, 0.5) is 0 Å². The van der Waals surface area contributed by atoms with Crippen LogP contribution in [0.25, 0.3) is 0 Å². The summed E-state index contributed by atoms with van der Waals surface area (Å²) in [5.41, 5.74) is 1.28. The minimum absolute atomic E-state index is 0.195. The molecule has 0 atom stereocenters. The minimum atomic E-state index is -0.381. The third-order valence-electron chi connectivity index (χ3n) is 3.58. The van der Waals surface area contributed by atoms with Gasteiger partial charge < -0.3 is 10.1 Å². The van der Waals surface area contributed by atoms with Gasteiger partial charge in [-0.25, -0.2) is 4.79 Å². The van der Waals surface area contributed by atoms with Gasteiger partial charge in [0, 0.05) is 11.4 Å². The highest BCUT2D eigenvalue weighted by Crippen LogP contribution is 2.29. The van der Waals surface area contributed by atoms with Crippen LogP contribution in [-0.2, 0) is 22.4 Å². The number of amides is 1. The summed E-state index contributed by atoms with van der Waals surface area (Å²) in [5.74, 6) is -0.0657. The van der Waals surface area contributed by atoms with E-state index in [4.69, 9.17) is 4.74 Å². The van der Waals surface area contributed by atoms with Crippen molar-refractivity contribution in [2.24, 2.45) is 5.92 Å². The lowest BCUT2D eigenvalue weighted by atomic mass is 9.99. The molecule has 1 aliphatic carbocycles. The van der Waals surface area contributed by atoms with Crippen molar-refractivity contribution >= 4 is 23.2 Å². The number of carbonyl (C=O) groups is 2. The maximum atomic E-state index is 12.0. The molecule has 1 amide bonds. The average molecular weight is 309 g/mol. The molecule has 1 aromatic heterocycles. The molecule has 5 heteroatoms. The van der Waals surface area contributed by atoms with Crippen LogP contribution in [0.2, 0.25) is 0 Å². The predicted octanol–water partition coefficient (Wildman–Crippen LogP) is 2.95. The highest BCUT2D eigenvalue weighted by Gasteiger charge is 2.18. The van der Waals surface area contributed by atoms with E-state index in [0.717, 1.165) is 19.3 Å². The van der Waals surface area contributed by atoms with E-state index < -0.39 is 0 Å². The molecule has 21 heavy (non-hydrogen) atoms. The van der Waals surface area contributed by atoms with Gasteiger partial charge in [-0.2, -0.15) is 0 Å². The minimum Gasteiger partial charge on any atom is -0.451 e. The Bertz CT molecular complexity index is 484. The van der Waals surface area contributed by atoms with Crippen molar-refractivity contribution in [3.05, 3.63) is 21.4 Å². The molecule has 2 rings (SSSR count). The van der Waals surface area contributed by atoms with Crippen LogP contribution in [0, 0.1) is 5.92 Å². The third-order valence-corrected chi connectivity index (χ3v) is 4.79. The summed E-state index contributed by atoms with van der Waals surface area (Å²) in [4.78, 5) is 25.4. The average Bonchev–Trinajstić information content (AvgIpc) is 2.88. The number of hydrogen-bond donors (Lipinski definition) is 1. The van der Waals surface area contributed by atoms with Gasteiger partial charge >= 0.3 is 5.97 Å². The van der Waals surface area contributed by atoms with Gasteiger partial charge in [0.25, 0.3) is 5.91 Å². The zero-order valence-electron chi connectivity index (χ0n) is 12.7. The SMILES string of the molecule is CC(C)CCNC(=O)COC(=O)c1cc2c(s1)CCCC2. The molecule has 1 heterocycles. The number of nitrogens with one attached hydrogen (secondary N) is 1. The summed E-state index contributed by atoms with van der Waals surface area (Å²) >= 11 is 1.51. The van der Waals surface area contributed by atoms with Crippen molar-refractivity contribution in [3.63, 3.8) is 0 Å². The molecule has 0 fully saturated rings. The van der Waals surface area contributed by atoms with E-state index in [0.29, 0.717) is 17.3 Å². The van der Waals surface area contributed by atoms with E-state index in [1.54, 1.807) is 0 Å². The molecule has 0 aliphatic heterocycles. The number of esters is 1. The van der Waals surface area contributed by atoms with Gasteiger partial charge in [-0.1, -0.05) is 13.8 Å². The zero-order valence-corrected chi connectivity index (χ0v) is 13.6. The van der Waals surface area contributed by atoms with Crippen molar-refractivity contribution in [1.29, 1.82) is 0 Å². The topological polar surface area (TPSA) is 55.4 Å². The lowest BCUT2D eigenvalue weighted by molar-refractivity contribution is -0.124. The summed E-state index contributed by atoms with van der Waals surface area (Å²) in [6.45, 7) is 4.64. The van der Waals surface area contributed by atoms with Crippen molar-refractivity contribution in [3.8, 4) is 0 Å². The highest BCUT2D eigenvalue weighted by atomic mass is 32.1. The Balaban J connectivity index is 1.76. The first-order valence-electron chi connectivity index (χ1n) is 7.61. The van der Waals surface area contributed by atoms with Gasteiger partial charge in [0.05, 0.1) is 0 Å². The molecule has 0 unspecified atom stereocenters. The second-order valence-electron chi connectivity index (χ2n) is 5.87. The molecule has 0 bridgehead atoms. The number of carbonyl (C=O) groups excluding carboxylic acids is 2. The van der Waals surface area contributed by atoms with Crippen LogP contribution >= 0.6 is 11.3 Å². The number of ether oxygens (including phenoxy) is 1. The number of rotatable bonds is 6. The van der Waals surface area contributed by atoms with E-state index in [1.807, 2.05) is 6.07 Å². The zero-order chi connectivity index (χ0) is 15.2. The fourth-order valence-corrected chi connectivity index (χ4v) is 3.49. The molecule has 116 valence electrons. The van der Waals surface area contributed by atoms with Gasteiger partial charge in [-0.3, -0.25) is 4.79 Å². The summed E-state index contributed by atoms with van der Waals surface area (Å²) in [5, 5.41) is 2.76. The summed E-state index contributed by atoms with van der Waals surface area (Å²) in [6.07, 6.45) is 5.42. The van der Waals surface area contributed by atoms with Gasteiger partial charge in [0.15, 0.2) is 6.61 Å². The Morgan fingerprint density at radius 2 is 2.10 bits per heavy atom. The number of thiophene rings is 1. The maximum Gasteiger partial charge on any atom is 0.348 e. The van der Waals surface area contributed by atoms with Gasteiger partial charge in [-0.15, -0.1) is 11.3 Å². The molecule has 4 nitrogen and oxygen atoms in total. The second-order valence-corrected chi connectivity index (χ2v) is 7.01. The molecule has 0 saturated heterocycles. The van der Waals surface area contributed by atoms with E-state index in [-0.39, 0.29) is 18.5 Å². The molecule has 1 aliphatic rings. The van der Waals surface area contributed by atoms with Crippen molar-refractivity contribution in [2.45, 2.75) is 46.0 Å². The van der Waals surface area contributed by atoms with Gasteiger partial charge in [-0.05, 0) is 49.7 Å². The van der Waals surface area contributed by atoms with Crippen LogP contribution in [-0.4, -0.2) is 25.0 Å². The third kappa shape index (κ3) is 4.84. The van der Waals surface area contributed by atoms with E-state index in [9.17, 15) is 9.59 Å². The first-order chi connectivity index (χ1) is 10.1. The van der Waals surface area contributed by atoms with Crippen molar-refractivity contribution in [2.75, 3.05) is 13.2 Å². The summed E-state index contributed by atoms with van der Waals surface area (Å²) < 4.78 is 5.08. The summed E-state index contributed by atoms with van der Waals surface area (Å²) in [7, 11) is 0. The molecule has 0 spiro atoms. The predicted molar refractivity (Wildman–Crippen MR) is 83.7 cm³/mol. The molecule has 0 saturated carbocycles. The maximum absolute atomic E-state index is 12.0. The Hall–Kier alpha value is -1.36. The smallest absolute Gasteiger partial charge is 0.348 e. The summed E-state index contributed by atoms with van der Waals surface area (Å²) in [6, 6.07) is 1.93. The van der Waals surface area contributed by atoms with Crippen LogP contribution in [0.1, 0.15) is 53.2 Å². The van der Waals surface area contributed by atoms with E-state index >= 15 is 0 Å². The van der Waals surface area contributed by atoms with E-state index in [2.05, 4.69) is 19.2 Å². The van der Waals surface area contributed by atoms with Crippen LogP contribution < -0.4 is 5.32 Å². The Kier molecular flexibility index (Phi) is 5.79. The van der Waals surface area contributed by atoms with E-state index in [1.165, 1.54) is 34.6 Å². The molecular weight excluding hydrogens is 286 g/mol. The monoisotopic (exact) mass is 309 g/mol. The molecule has 1 aromatic rings. The fourth-order valence-electron chi connectivity index (χ4n) is 2.34. The molecular formula is C16H23NO3S. The normalized spacial score (nSPS) is 13.9. The standard InChI is InChI=1S/C16H23NO3S/c1-11(2)7-8-17-15(18)10-20-16(19)14-9-12-5-3-4-6-13(12)21-14/h9,11H,3-8,10H2,1-2H3,(H,17,18). The van der Waals surface area contributed by atoms with Crippen molar-refractivity contribution in [1.82, 2.24) is 5.32 Å². The van der Waals surface area contributed by atoms with Crippen LogP contribution in [0.5, 0.6) is 0 Å². The van der Waals surface area contributed by atoms with Gasteiger partial charge in [0.1, 0.15) is 4.88 Å². The van der Waals surface area contributed by atoms with Gasteiger partial charge in [0.2, 0.25) is 0 Å². The molecule has 0 aromatic carbocycles. The van der Waals surface area contributed by atoms with Crippen molar-refractivity contribution < 1.29 is 14.3 Å². The Morgan fingerprint density at radius 1 is 1.33 bits per heavy atom. The Morgan fingerprint density at radius 3 is 2.81 bits per heavy atom. The molecule has 1 N–H and O–H groups in total. The quantitative estimate of drug-likeness (QED) is 0.822. The number of fused-ring (bicyclic) bond motifs is 1. The van der Waals surface area contributed by atoms with Crippen LogP contribution in [0.15, 0.2) is 6.07 Å².